The summed E-state index contributed by atoms with van der Waals surface area (Å²) in [5.74, 6) is -0.374. The van der Waals surface area contributed by atoms with Gasteiger partial charge in [-0.1, -0.05) is 36.4 Å². The Kier molecular flexibility index (Phi) is 4.77. The number of allylic oxidation sites excluding steroid dienone is 1. The van der Waals surface area contributed by atoms with E-state index in [1.54, 1.807) is 18.6 Å². The lowest BCUT2D eigenvalue weighted by Gasteiger charge is -2.28. The fourth-order valence-electron chi connectivity index (χ4n) is 3.62. The smallest absolute Gasteiger partial charge is 0.232 e. The first kappa shape index (κ1) is 18.4. The Hall–Kier alpha value is -2.93. The SMILES string of the molecule is CS(=O)(=O)N(Cc1ccccc1)c1ccc(F)c2c1CCC=C2c1c[nH]cn1. The second kappa shape index (κ2) is 7.24. The van der Waals surface area contributed by atoms with Crippen molar-refractivity contribution in [1.82, 2.24) is 9.97 Å². The highest BCUT2D eigenvalue weighted by Gasteiger charge is 2.27. The molecule has 0 fully saturated rings. The minimum atomic E-state index is -3.56. The molecule has 0 saturated heterocycles. The Bertz CT molecular complexity index is 1120. The van der Waals surface area contributed by atoms with E-state index in [0.717, 1.165) is 5.56 Å². The molecule has 0 spiro atoms. The summed E-state index contributed by atoms with van der Waals surface area (Å²) >= 11 is 0. The molecule has 1 heterocycles. The molecule has 0 amide bonds. The van der Waals surface area contributed by atoms with Crippen molar-refractivity contribution in [1.29, 1.82) is 0 Å². The molecule has 5 nitrogen and oxygen atoms in total. The average molecular weight is 397 g/mol. The van der Waals surface area contributed by atoms with Crippen LogP contribution in [0.1, 0.15) is 28.8 Å². The molecule has 0 unspecified atom stereocenters. The second-order valence-electron chi connectivity index (χ2n) is 6.79. The van der Waals surface area contributed by atoms with E-state index in [9.17, 15) is 12.8 Å². The maximum Gasteiger partial charge on any atom is 0.232 e. The first-order chi connectivity index (χ1) is 13.4. The lowest BCUT2D eigenvalue weighted by atomic mass is 9.87. The van der Waals surface area contributed by atoms with Crippen LogP contribution in [0.5, 0.6) is 0 Å². The normalized spacial score (nSPS) is 13.7. The molecule has 1 aliphatic rings. The lowest BCUT2D eigenvalue weighted by Crippen LogP contribution is -2.31. The van der Waals surface area contributed by atoms with Crippen molar-refractivity contribution < 1.29 is 12.8 Å². The number of nitrogens with one attached hydrogen (secondary N) is 1. The van der Waals surface area contributed by atoms with E-state index >= 15 is 0 Å². The van der Waals surface area contributed by atoms with Gasteiger partial charge in [-0.3, -0.25) is 4.31 Å². The van der Waals surface area contributed by atoms with Gasteiger partial charge >= 0.3 is 0 Å². The van der Waals surface area contributed by atoms with Crippen LogP contribution in [-0.4, -0.2) is 24.6 Å². The van der Waals surface area contributed by atoms with Crippen molar-refractivity contribution in [3.63, 3.8) is 0 Å². The van der Waals surface area contributed by atoms with Crippen LogP contribution >= 0.6 is 0 Å². The van der Waals surface area contributed by atoms with Crippen LogP contribution in [0.3, 0.4) is 0 Å². The Morgan fingerprint density at radius 1 is 1.18 bits per heavy atom. The van der Waals surface area contributed by atoms with Crippen molar-refractivity contribution in [2.45, 2.75) is 19.4 Å². The molecule has 0 saturated carbocycles. The number of H-pyrrole nitrogens is 1. The van der Waals surface area contributed by atoms with E-state index in [2.05, 4.69) is 9.97 Å². The van der Waals surface area contributed by atoms with Gasteiger partial charge in [-0.2, -0.15) is 0 Å². The number of anilines is 1. The van der Waals surface area contributed by atoms with E-state index in [1.807, 2.05) is 36.4 Å². The second-order valence-corrected chi connectivity index (χ2v) is 8.69. The lowest BCUT2D eigenvalue weighted by molar-refractivity contribution is 0.595. The summed E-state index contributed by atoms with van der Waals surface area (Å²) in [7, 11) is -3.56. The van der Waals surface area contributed by atoms with Crippen molar-refractivity contribution in [3.8, 4) is 0 Å². The zero-order chi connectivity index (χ0) is 19.7. The zero-order valence-electron chi connectivity index (χ0n) is 15.4. The van der Waals surface area contributed by atoms with Crippen LogP contribution in [0.25, 0.3) is 5.57 Å². The highest BCUT2D eigenvalue weighted by Crippen LogP contribution is 2.39. The van der Waals surface area contributed by atoms with E-state index in [1.165, 1.54) is 16.6 Å². The van der Waals surface area contributed by atoms with Crippen LogP contribution in [0, 0.1) is 5.82 Å². The third kappa shape index (κ3) is 3.45. The zero-order valence-corrected chi connectivity index (χ0v) is 16.2. The summed E-state index contributed by atoms with van der Waals surface area (Å²) in [5.41, 5.74) is 3.84. The molecule has 7 heteroatoms. The molecule has 144 valence electrons. The van der Waals surface area contributed by atoms with Gasteiger partial charge in [0.05, 0.1) is 30.5 Å². The fourth-order valence-corrected chi connectivity index (χ4v) is 4.53. The van der Waals surface area contributed by atoms with Gasteiger partial charge in [-0.15, -0.1) is 0 Å². The number of benzene rings is 2. The minimum absolute atomic E-state index is 0.194. The Balaban J connectivity index is 1.86. The summed E-state index contributed by atoms with van der Waals surface area (Å²) in [6.45, 7) is 0.194. The third-order valence-electron chi connectivity index (χ3n) is 4.86. The molecule has 28 heavy (non-hydrogen) atoms. The van der Waals surface area contributed by atoms with Gasteiger partial charge < -0.3 is 4.98 Å². The highest BCUT2D eigenvalue weighted by molar-refractivity contribution is 7.92. The molecule has 1 aliphatic carbocycles. The number of hydrogen-bond donors (Lipinski definition) is 1. The van der Waals surface area contributed by atoms with Crippen molar-refractivity contribution in [2.24, 2.45) is 0 Å². The number of imidazole rings is 1. The molecular weight excluding hydrogens is 377 g/mol. The topological polar surface area (TPSA) is 66.1 Å². The number of nitrogens with zero attached hydrogens (tertiary/aromatic N) is 2. The monoisotopic (exact) mass is 397 g/mol. The number of halogens is 1. The fraction of sp³-hybridized carbons (Fsp3) is 0.190. The summed E-state index contributed by atoms with van der Waals surface area (Å²) in [4.78, 5) is 7.14. The van der Waals surface area contributed by atoms with Gasteiger partial charge in [0.2, 0.25) is 10.0 Å². The van der Waals surface area contributed by atoms with Gasteiger partial charge in [-0.05, 0) is 36.1 Å². The quantitative estimate of drug-likeness (QED) is 0.710. The standard InChI is InChI=1S/C21H20FN3O2S/c1-28(26,27)25(13-15-6-3-2-4-7-15)20-11-10-18(22)21-16(8-5-9-17(20)21)19-12-23-14-24-19/h2-4,6-8,10-12,14H,5,9,13H2,1H3,(H,23,24). The van der Waals surface area contributed by atoms with Gasteiger partial charge in [0.25, 0.3) is 0 Å². The highest BCUT2D eigenvalue weighted by atomic mass is 32.2. The maximum atomic E-state index is 14.8. The Morgan fingerprint density at radius 3 is 2.64 bits per heavy atom. The molecule has 0 atom stereocenters. The van der Waals surface area contributed by atoms with Gasteiger partial charge in [0.15, 0.2) is 0 Å². The van der Waals surface area contributed by atoms with Gasteiger partial charge in [0.1, 0.15) is 5.82 Å². The molecule has 0 aliphatic heterocycles. The summed E-state index contributed by atoms with van der Waals surface area (Å²) in [6, 6.07) is 12.3. The predicted molar refractivity (Wildman–Crippen MR) is 108 cm³/mol. The summed E-state index contributed by atoms with van der Waals surface area (Å²) in [6.07, 6.45) is 7.65. The van der Waals surface area contributed by atoms with E-state index in [-0.39, 0.29) is 12.4 Å². The molecule has 1 N–H and O–H groups in total. The van der Waals surface area contributed by atoms with E-state index in [4.69, 9.17) is 0 Å². The third-order valence-corrected chi connectivity index (χ3v) is 5.99. The maximum absolute atomic E-state index is 14.8. The number of aromatic amines is 1. The minimum Gasteiger partial charge on any atom is -0.351 e. The van der Waals surface area contributed by atoms with Crippen LogP contribution < -0.4 is 4.31 Å². The van der Waals surface area contributed by atoms with E-state index < -0.39 is 10.0 Å². The Labute approximate surface area is 163 Å². The number of aromatic nitrogens is 2. The largest absolute Gasteiger partial charge is 0.351 e. The van der Waals surface area contributed by atoms with Crippen molar-refractivity contribution in [2.75, 3.05) is 10.6 Å². The average Bonchev–Trinajstić information content (AvgIpc) is 3.21. The van der Waals surface area contributed by atoms with Crippen LogP contribution in [0.4, 0.5) is 10.1 Å². The molecular formula is C21H20FN3O2S. The van der Waals surface area contributed by atoms with Crippen LogP contribution in [0.2, 0.25) is 0 Å². The number of fused-ring (bicyclic) bond motifs is 1. The molecule has 2 aromatic carbocycles. The number of hydrogen-bond acceptors (Lipinski definition) is 3. The van der Waals surface area contributed by atoms with Gasteiger partial charge in [0, 0.05) is 17.3 Å². The van der Waals surface area contributed by atoms with Crippen molar-refractivity contribution >= 4 is 21.3 Å². The number of sulfonamides is 1. The summed E-state index contributed by atoms with van der Waals surface area (Å²) in [5, 5.41) is 0. The van der Waals surface area contributed by atoms with Crippen LogP contribution in [-0.2, 0) is 23.0 Å². The molecule has 0 radical (unpaired) electrons. The summed E-state index contributed by atoms with van der Waals surface area (Å²) < 4.78 is 41.4. The molecule has 1 aromatic heterocycles. The Morgan fingerprint density at radius 2 is 1.96 bits per heavy atom. The first-order valence-corrected chi connectivity index (χ1v) is 10.8. The molecule has 4 rings (SSSR count). The van der Waals surface area contributed by atoms with E-state index in [0.29, 0.717) is 40.9 Å². The molecule has 0 bridgehead atoms. The predicted octanol–water partition coefficient (Wildman–Crippen LogP) is 3.89. The molecule has 3 aromatic rings. The number of rotatable bonds is 5. The first-order valence-electron chi connectivity index (χ1n) is 8.98. The van der Waals surface area contributed by atoms with Crippen molar-refractivity contribution in [3.05, 3.63) is 89.3 Å². The van der Waals surface area contributed by atoms with Crippen LogP contribution in [0.15, 0.2) is 61.1 Å². The van der Waals surface area contributed by atoms with Gasteiger partial charge in [-0.25, -0.2) is 17.8 Å².